The van der Waals surface area contributed by atoms with Crippen molar-refractivity contribution in [2.45, 2.75) is 18.9 Å². The van der Waals surface area contributed by atoms with Gasteiger partial charge in [0, 0.05) is 10.0 Å². The fourth-order valence-electron chi connectivity index (χ4n) is 1.64. The Morgan fingerprint density at radius 2 is 2.25 bits per heavy atom. The number of benzene rings is 1. The van der Waals surface area contributed by atoms with Crippen LogP contribution in [0.5, 0.6) is 0 Å². The van der Waals surface area contributed by atoms with Crippen LogP contribution in [0.2, 0.25) is 0 Å². The molecule has 0 bridgehead atoms. The number of ether oxygens (including phenoxy) is 1. The zero-order valence-electron chi connectivity index (χ0n) is 8.62. The van der Waals surface area contributed by atoms with E-state index in [9.17, 15) is 9.50 Å². The molecule has 2 rings (SSSR count). The molecule has 1 N–H and O–H groups in total. The second kappa shape index (κ2) is 4.97. The van der Waals surface area contributed by atoms with E-state index in [2.05, 4.69) is 15.9 Å². The first-order chi connectivity index (χ1) is 7.68. The highest BCUT2D eigenvalue weighted by molar-refractivity contribution is 9.10. The highest BCUT2D eigenvalue weighted by atomic mass is 79.9. The van der Waals surface area contributed by atoms with Crippen molar-refractivity contribution < 1.29 is 14.2 Å². The van der Waals surface area contributed by atoms with Crippen molar-refractivity contribution in [3.8, 4) is 0 Å². The van der Waals surface area contributed by atoms with Gasteiger partial charge in [-0.05, 0) is 37.1 Å². The molecular weight excluding hydrogens is 275 g/mol. The summed E-state index contributed by atoms with van der Waals surface area (Å²) in [4.78, 5) is 0. The van der Waals surface area contributed by atoms with Gasteiger partial charge < -0.3 is 9.84 Å². The second-order valence-corrected chi connectivity index (χ2v) is 4.52. The Balaban J connectivity index is 2.29. The number of hydrogen-bond donors (Lipinski definition) is 1. The fraction of sp³-hybridized carbons (Fsp3) is 0.333. The van der Waals surface area contributed by atoms with E-state index in [-0.39, 0.29) is 5.82 Å². The third kappa shape index (κ3) is 2.44. The molecule has 0 radical (unpaired) electrons. The summed E-state index contributed by atoms with van der Waals surface area (Å²) in [5.74, 6) is 0.145. The van der Waals surface area contributed by atoms with Gasteiger partial charge in [0.2, 0.25) is 0 Å². The Bertz CT molecular complexity index is 417. The highest BCUT2D eigenvalue weighted by Crippen LogP contribution is 2.31. The summed E-state index contributed by atoms with van der Waals surface area (Å²) >= 11 is 3.29. The molecule has 2 nitrogen and oxygen atoms in total. The molecule has 0 saturated carbocycles. The maximum absolute atomic E-state index is 13.1. The third-order valence-corrected chi connectivity index (χ3v) is 3.21. The topological polar surface area (TPSA) is 29.5 Å². The van der Waals surface area contributed by atoms with Crippen molar-refractivity contribution in [3.05, 3.63) is 45.9 Å². The van der Waals surface area contributed by atoms with Gasteiger partial charge in [-0.1, -0.05) is 15.9 Å². The highest BCUT2D eigenvalue weighted by Gasteiger charge is 2.19. The first-order valence-electron chi connectivity index (χ1n) is 5.14. The number of aliphatic hydroxyl groups is 1. The molecule has 1 aliphatic rings. The van der Waals surface area contributed by atoms with Crippen molar-refractivity contribution in [1.29, 1.82) is 0 Å². The number of rotatable bonds is 2. The Morgan fingerprint density at radius 1 is 1.44 bits per heavy atom. The Kier molecular flexibility index (Phi) is 3.61. The first-order valence-corrected chi connectivity index (χ1v) is 5.93. The van der Waals surface area contributed by atoms with Gasteiger partial charge in [0.05, 0.1) is 6.61 Å². The molecule has 0 saturated heterocycles. The van der Waals surface area contributed by atoms with Crippen molar-refractivity contribution in [2.75, 3.05) is 6.61 Å². The Morgan fingerprint density at radius 3 is 2.94 bits per heavy atom. The van der Waals surface area contributed by atoms with Crippen LogP contribution in [0.4, 0.5) is 4.39 Å². The van der Waals surface area contributed by atoms with Crippen molar-refractivity contribution in [1.82, 2.24) is 0 Å². The van der Waals surface area contributed by atoms with Gasteiger partial charge in [-0.3, -0.25) is 0 Å². The molecule has 86 valence electrons. The van der Waals surface area contributed by atoms with Crippen LogP contribution in [-0.2, 0) is 4.74 Å². The van der Waals surface area contributed by atoms with Gasteiger partial charge >= 0.3 is 0 Å². The summed E-state index contributed by atoms with van der Waals surface area (Å²) in [6.45, 7) is 0.607. The maximum Gasteiger partial charge on any atom is 0.137 e. The second-order valence-electron chi connectivity index (χ2n) is 3.67. The quantitative estimate of drug-likeness (QED) is 0.904. The monoisotopic (exact) mass is 286 g/mol. The van der Waals surface area contributed by atoms with Crippen LogP contribution >= 0.6 is 15.9 Å². The summed E-state index contributed by atoms with van der Waals surface area (Å²) in [5.41, 5.74) is 0.494. The summed E-state index contributed by atoms with van der Waals surface area (Å²) in [6.07, 6.45) is 2.80. The van der Waals surface area contributed by atoms with E-state index >= 15 is 0 Å². The van der Waals surface area contributed by atoms with Gasteiger partial charge in [0.15, 0.2) is 0 Å². The van der Waals surface area contributed by atoms with Crippen LogP contribution in [-0.4, -0.2) is 11.7 Å². The SMILES string of the molecule is OC(C1=CCCCO1)c1cc(F)ccc1Br. The van der Waals surface area contributed by atoms with Gasteiger partial charge in [0.25, 0.3) is 0 Å². The molecule has 16 heavy (non-hydrogen) atoms. The Hall–Kier alpha value is -0.870. The summed E-state index contributed by atoms with van der Waals surface area (Å²) in [6, 6.07) is 4.24. The standard InChI is InChI=1S/C12H12BrFO2/c13-10-5-4-8(14)7-9(10)12(15)11-3-1-2-6-16-11/h3-5,7,12,15H,1-2,6H2. The summed E-state index contributed by atoms with van der Waals surface area (Å²) in [7, 11) is 0. The minimum absolute atomic E-state index is 0.367. The molecule has 1 heterocycles. The average Bonchev–Trinajstić information content (AvgIpc) is 2.32. The van der Waals surface area contributed by atoms with E-state index in [0.29, 0.717) is 22.4 Å². The number of hydrogen-bond acceptors (Lipinski definition) is 2. The lowest BCUT2D eigenvalue weighted by Gasteiger charge is -2.20. The van der Waals surface area contributed by atoms with Crippen LogP contribution in [0.1, 0.15) is 24.5 Å². The van der Waals surface area contributed by atoms with E-state index in [1.54, 1.807) is 6.07 Å². The predicted molar refractivity (Wildman–Crippen MR) is 62.3 cm³/mol. The van der Waals surface area contributed by atoms with Gasteiger partial charge in [-0.25, -0.2) is 4.39 Å². The zero-order chi connectivity index (χ0) is 11.5. The molecule has 0 amide bonds. The van der Waals surface area contributed by atoms with Crippen molar-refractivity contribution >= 4 is 15.9 Å². The largest absolute Gasteiger partial charge is 0.495 e. The first kappa shape index (κ1) is 11.6. The van der Waals surface area contributed by atoms with E-state index in [0.717, 1.165) is 12.8 Å². The van der Waals surface area contributed by atoms with E-state index in [1.165, 1.54) is 12.1 Å². The van der Waals surface area contributed by atoms with Crippen molar-refractivity contribution in [3.63, 3.8) is 0 Å². The van der Waals surface area contributed by atoms with Crippen LogP contribution in [0.3, 0.4) is 0 Å². The molecule has 1 atom stereocenters. The van der Waals surface area contributed by atoms with Crippen LogP contribution in [0.15, 0.2) is 34.5 Å². The summed E-state index contributed by atoms with van der Waals surface area (Å²) < 4.78 is 19.1. The van der Waals surface area contributed by atoms with Gasteiger partial charge in [-0.2, -0.15) is 0 Å². The van der Waals surface area contributed by atoms with Gasteiger partial charge in [-0.15, -0.1) is 0 Å². The molecule has 0 spiro atoms. The molecule has 1 unspecified atom stereocenters. The number of halogens is 2. The minimum Gasteiger partial charge on any atom is -0.495 e. The lowest BCUT2D eigenvalue weighted by molar-refractivity contribution is 0.0912. The summed E-state index contributed by atoms with van der Waals surface area (Å²) in [5, 5.41) is 10.1. The average molecular weight is 287 g/mol. The maximum atomic E-state index is 13.1. The van der Waals surface area contributed by atoms with E-state index in [4.69, 9.17) is 4.74 Å². The van der Waals surface area contributed by atoms with Crippen LogP contribution < -0.4 is 0 Å². The third-order valence-electron chi connectivity index (χ3n) is 2.48. The predicted octanol–water partition coefficient (Wildman–Crippen LogP) is 3.32. The molecule has 1 aromatic carbocycles. The van der Waals surface area contributed by atoms with Crippen LogP contribution in [0.25, 0.3) is 0 Å². The normalized spacial score (nSPS) is 17.6. The van der Waals surface area contributed by atoms with Crippen LogP contribution in [0, 0.1) is 5.82 Å². The lowest BCUT2D eigenvalue weighted by Crippen LogP contribution is -2.10. The molecule has 4 heteroatoms. The van der Waals surface area contributed by atoms with E-state index < -0.39 is 6.10 Å². The molecule has 1 aliphatic heterocycles. The van der Waals surface area contributed by atoms with Crippen molar-refractivity contribution in [2.24, 2.45) is 0 Å². The van der Waals surface area contributed by atoms with Gasteiger partial charge in [0.1, 0.15) is 17.7 Å². The lowest BCUT2D eigenvalue weighted by atomic mass is 10.1. The molecule has 0 aliphatic carbocycles. The molecule has 0 fully saturated rings. The zero-order valence-corrected chi connectivity index (χ0v) is 10.2. The number of aliphatic hydroxyl groups excluding tert-OH is 1. The minimum atomic E-state index is -0.898. The molecule has 1 aromatic rings. The number of allylic oxidation sites excluding steroid dienone is 1. The fourth-order valence-corrected chi connectivity index (χ4v) is 2.11. The Labute approximate surface area is 102 Å². The molecule has 0 aromatic heterocycles. The molecular formula is C12H12BrFO2. The smallest absolute Gasteiger partial charge is 0.137 e. The van der Waals surface area contributed by atoms with E-state index in [1.807, 2.05) is 6.08 Å².